The summed E-state index contributed by atoms with van der Waals surface area (Å²) in [4.78, 5) is 19.0. The third-order valence-electron chi connectivity index (χ3n) is 4.46. The van der Waals surface area contributed by atoms with Crippen molar-refractivity contribution in [3.63, 3.8) is 0 Å². The monoisotopic (exact) mass is 387 g/mol. The Balaban J connectivity index is 1.57. The summed E-state index contributed by atoms with van der Waals surface area (Å²) in [5.41, 5.74) is 1.91. The SMILES string of the molecule is Cc1cc(N2CCCC(CNC(=O)c3ccccc3)C2)ncc1Br. The van der Waals surface area contributed by atoms with E-state index in [0.29, 0.717) is 12.5 Å². The molecule has 0 spiro atoms. The summed E-state index contributed by atoms with van der Waals surface area (Å²) in [7, 11) is 0. The Morgan fingerprint density at radius 3 is 2.92 bits per heavy atom. The van der Waals surface area contributed by atoms with Crippen LogP contribution in [0.1, 0.15) is 28.8 Å². The number of pyridine rings is 1. The van der Waals surface area contributed by atoms with E-state index >= 15 is 0 Å². The zero-order valence-corrected chi connectivity index (χ0v) is 15.4. The van der Waals surface area contributed by atoms with Crippen LogP contribution >= 0.6 is 15.9 Å². The van der Waals surface area contributed by atoms with Crippen LogP contribution in [0.5, 0.6) is 0 Å². The number of halogens is 1. The van der Waals surface area contributed by atoms with Crippen LogP contribution in [0, 0.1) is 12.8 Å². The van der Waals surface area contributed by atoms with Gasteiger partial charge in [-0.2, -0.15) is 0 Å². The first-order valence-corrected chi connectivity index (χ1v) is 9.13. The molecule has 0 radical (unpaired) electrons. The zero-order chi connectivity index (χ0) is 16.9. The van der Waals surface area contributed by atoms with E-state index in [1.165, 1.54) is 5.56 Å². The third kappa shape index (κ3) is 4.15. The van der Waals surface area contributed by atoms with Gasteiger partial charge in [0.1, 0.15) is 5.82 Å². The molecule has 5 heteroatoms. The molecule has 1 amide bonds. The molecule has 1 aromatic carbocycles. The van der Waals surface area contributed by atoms with Crippen LogP contribution in [0.25, 0.3) is 0 Å². The van der Waals surface area contributed by atoms with Crippen LogP contribution in [-0.4, -0.2) is 30.5 Å². The maximum atomic E-state index is 12.2. The second kappa shape index (κ2) is 7.79. The van der Waals surface area contributed by atoms with E-state index in [1.54, 1.807) is 0 Å². The molecule has 1 atom stereocenters. The normalized spacial score (nSPS) is 17.6. The van der Waals surface area contributed by atoms with Gasteiger partial charge in [0.2, 0.25) is 0 Å². The van der Waals surface area contributed by atoms with Crippen molar-refractivity contribution in [2.75, 3.05) is 24.5 Å². The zero-order valence-electron chi connectivity index (χ0n) is 13.8. The largest absolute Gasteiger partial charge is 0.356 e. The number of rotatable bonds is 4. The molecule has 2 aromatic rings. The summed E-state index contributed by atoms with van der Waals surface area (Å²) >= 11 is 3.50. The van der Waals surface area contributed by atoms with Crippen LogP contribution in [0.4, 0.5) is 5.82 Å². The first-order valence-electron chi connectivity index (χ1n) is 8.34. The van der Waals surface area contributed by atoms with Crippen molar-refractivity contribution in [1.82, 2.24) is 10.3 Å². The summed E-state index contributed by atoms with van der Waals surface area (Å²) in [6.07, 6.45) is 4.13. The summed E-state index contributed by atoms with van der Waals surface area (Å²) in [5, 5.41) is 3.07. The molecule has 1 unspecified atom stereocenters. The van der Waals surface area contributed by atoms with Crippen molar-refractivity contribution in [3.8, 4) is 0 Å². The van der Waals surface area contributed by atoms with Crippen LogP contribution in [0.3, 0.4) is 0 Å². The molecule has 1 aliphatic heterocycles. The minimum Gasteiger partial charge on any atom is -0.356 e. The van der Waals surface area contributed by atoms with Crippen molar-refractivity contribution in [3.05, 3.63) is 58.2 Å². The highest BCUT2D eigenvalue weighted by molar-refractivity contribution is 9.10. The minimum absolute atomic E-state index is 0.00494. The number of carbonyl (C=O) groups is 1. The molecule has 1 N–H and O–H groups in total. The number of aryl methyl sites for hydroxylation is 1. The fraction of sp³-hybridized carbons (Fsp3) is 0.368. The van der Waals surface area contributed by atoms with Crippen molar-refractivity contribution >= 4 is 27.7 Å². The molecule has 3 rings (SSSR count). The lowest BCUT2D eigenvalue weighted by atomic mass is 9.97. The number of nitrogens with zero attached hydrogens (tertiary/aromatic N) is 2. The predicted octanol–water partition coefficient (Wildman–Crippen LogP) is 3.80. The first-order chi connectivity index (χ1) is 11.6. The fourth-order valence-corrected chi connectivity index (χ4v) is 3.28. The van der Waals surface area contributed by atoms with Gasteiger partial charge in [0.05, 0.1) is 0 Å². The van der Waals surface area contributed by atoms with Crippen molar-refractivity contribution in [2.45, 2.75) is 19.8 Å². The lowest BCUT2D eigenvalue weighted by Crippen LogP contribution is -2.41. The molecule has 1 saturated heterocycles. The summed E-state index contributed by atoms with van der Waals surface area (Å²) in [6.45, 7) is 4.75. The standard InChI is InChI=1S/C19H22BrN3O/c1-14-10-18(21-12-17(14)20)23-9-5-6-15(13-23)11-22-19(24)16-7-3-2-4-8-16/h2-4,7-8,10,12,15H,5-6,9,11,13H2,1H3,(H,22,24). The van der Waals surface area contributed by atoms with E-state index < -0.39 is 0 Å². The third-order valence-corrected chi connectivity index (χ3v) is 5.29. The van der Waals surface area contributed by atoms with Gasteiger partial charge in [-0.05, 0) is 65.4 Å². The van der Waals surface area contributed by atoms with E-state index in [0.717, 1.165) is 41.8 Å². The Hall–Kier alpha value is -1.88. The highest BCUT2D eigenvalue weighted by atomic mass is 79.9. The highest BCUT2D eigenvalue weighted by Crippen LogP contribution is 2.24. The molecule has 24 heavy (non-hydrogen) atoms. The Bertz CT molecular complexity index is 705. The molecule has 1 aromatic heterocycles. The average Bonchev–Trinajstić information content (AvgIpc) is 2.63. The topological polar surface area (TPSA) is 45.2 Å². The highest BCUT2D eigenvalue weighted by Gasteiger charge is 2.21. The Kier molecular flexibility index (Phi) is 5.51. The maximum absolute atomic E-state index is 12.2. The molecule has 4 nitrogen and oxygen atoms in total. The molecular formula is C19H22BrN3O. The van der Waals surface area contributed by atoms with Crippen LogP contribution in [-0.2, 0) is 0 Å². The maximum Gasteiger partial charge on any atom is 0.251 e. The van der Waals surface area contributed by atoms with Gasteiger partial charge in [0.25, 0.3) is 5.91 Å². The van der Waals surface area contributed by atoms with E-state index in [2.05, 4.69) is 44.1 Å². The van der Waals surface area contributed by atoms with Crippen LogP contribution in [0.15, 0.2) is 47.1 Å². The van der Waals surface area contributed by atoms with Gasteiger partial charge in [-0.25, -0.2) is 4.98 Å². The minimum atomic E-state index is 0.00494. The number of hydrogen-bond donors (Lipinski definition) is 1. The summed E-state index contributed by atoms with van der Waals surface area (Å²) < 4.78 is 1.04. The Morgan fingerprint density at radius 1 is 1.38 bits per heavy atom. The lowest BCUT2D eigenvalue weighted by molar-refractivity contribution is 0.0945. The smallest absolute Gasteiger partial charge is 0.251 e. The number of piperidine rings is 1. The predicted molar refractivity (Wildman–Crippen MR) is 100 cm³/mol. The van der Waals surface area contributed by atoms with Crippen molar-refractivity contribution < 1.29 is 4.79 Å². The van der Waals surface area contributed by atoms with Gasteiger partial charge in [0.15, 0.2) is 0 Å². The van der Waals surface area contributed by atoms with Crippen molar-refractivity contribution in [1.29, 1.82) is 0 Å². The fourth-order valence-electron chi connectivity index (χ4n) is 3.07. The number of anilines is 1. The molecular weight excluding hydrogens is 366 g/mol. The van der Waals surface area contributed by atoms with E-state index in [4.69, 9.17) is 0 Å². The molecule has 1 aliphatic rings. The number of carbonyl (C=O) groups excluding carboxylic acids is 1. The number of nitrogens with one attached hydrogen (secondary N) is 1. The molecule has 126 valence electrons. The molecule has 1 fully saturated rings. The van der Waals surface area contributed by atoms with Crippen LogP contribution < -0.4 is 10.2 Å². The number of amides is 1. The Morgan fingerprint density at radius 2 is 2.17 bits per heavy atom. The van der Waals surface area contributed by atoms with Gasteiger partial charge in [-0.15, -0.1) is 0 Å². The molecule has 2 heterocycles. The van der Waals surface area contributed by atoms with Gasteiger partial charge in [-0.3, -0.25) is 4.79 Å². The van der Waals surface area contributed by atoms with E-state index in [9.17, 15) is 4.79 Å². The van der Waals surface area contributed by atoms with E-state index in [1.807, 2.05) is 36.5 Å². The molecule has 0 bridgehead atoms. The van der Waals surface area contributed by atoms with Gasteiger partial charge >= 0.3 is 0 Å². The molecule has 0 saturated carbocycles. The average molecular weight is 388 g/mol. The van der Waals surface area contributed by atoms with Crippen LogP contribution in [0.2, 0.25) is 0 Å². The van der Waals surface area contributed by atoms with Gasteiger partial charge < -0.3 is 10.2 Å². The second-order valence-corrected chi connectivity index (χ2v) is 7.18. The number of benzene rings is 1. The number of aromatic nitrogens is 1. The quantitative estimate of drug-likeness (QED) is 0.867. The van der Waals surface area contributed by atoms with Gasteiger partial charge in [-0.1, -0.05) is 18.2 Å². The van der Waals surface area contributed by atoms with Gasteiger partial charge in [0, 0.05) is 35.9 Å². The summed E-state index contributed by atoms with van der Waals surface area (Å²) in [6, 6.07) is 11.5. The number of hydrogen-bond acceptors (Lipinski definition) is 3. The lowest BCUT2D eigenvalue weighted by Gasteiger charge is -2.34. The van der Waals surface area contributed by atoms with Crippen molar-refractivity contribution in [2.24, 2.45) is 5.92 Å². The first kappa shape index (κ1) is 17.0. The Labute approximate surface area is 151 Å². The molecule has 0 aliphatic carbocycles. The summed E-state index contributed by atoms with van der Waals surface area (Å²) in [5.74, 6) is 1.48. The second-order valence-electron chi connectivity index (χ2n) is 6.32. The van der Waals surface area contributed by atoms with E-state index in [-0.39, 0.29) is 5.91 Å².